The van der Waals surface area contributed by atoms with E-state index in [0.717, 1.165) is 25.1 Å². The van der Waals surface area contributed by atoms with E-state index in [1.165, 1.54) is 24.0 Å². The Balaban J connectivity index is 0.00000161. The molecule has 0 unspecified atom stereocenters. The lowest BCUT2D eigenvalue weighted by atomic mass is 10.1. The lowest BCUT2D eigenvalue weighted by Crippen LogP contribution is -2.11. The molecule has 1 N–H and O–H groups in total. The number of hydrogen-bond donors (Lipinski definition) is 1. The first-order valence-electron chi connectivity index (χ1n) is 7.06. The molecule has 0 fully saturated rings. The van der Waals surface area contributed by atoms with Crippen LogP contribution in [0.3, 0.4) is 0 Å². The summed E-state index contributed by atoms with van der Waals surface area (Å²) in [7, 11) is 1.90. The Labute approximate surface area is 130 Å². The van der Waals surface area contributed by atoms with Crippen molar-refractivity contribution in [3.05, 3.63) is 41.0 Å². The predicted octanol–water partition coefficient (Wildman–Crippen LogP) is 2.32. The van der Waals surface area contributed by atoms with Crippen LogP contribution in [0.5, 0.6) is 5.75 Å². The molecule has 0 spiro atoms. The highest BCUT2D eigenvalue weighted by Gasteiger charge is 2.12. The summed E-state index contributed by atoms with van der Waals surface area (Å²) < 4.78 is 10.9. The van der Waals surface area contributed by atoms with E-state index in [4.69, 9.17) is 9.26 Å². The fourth-order valence-corrected chi connectivity index (χ4v) is 2.47. The zero-order valence-corrected chi connectivity index (χ0v) is 12.9. The Morgan fingerprint density at radius 1 is 1.29 bits per heavy atom. The molecule has 114 valence electrons. The van der Waals surface area contributed by atoms with Gasteiger partial charge in [0.1, 0.15) is 5.75 Å². The molecular weight excluding hydrogens is 290 g/mol. The van der Waals surface area contributed by atoms with Crippen molar-refractivity contribution in [3.8, 4) is 5.75 Å². The number of hydrogen-bond acceptors (Lipinski definition) is 5. The van der Waals surface area contributed by atoms with Gasteiger partial charge in [0.05, 0.1) is 0 Å². The number of aromatic nitrogens is 2. The first-order valence-corrected chi connectivity index (χ1v) is 7.06. The normalized spacial score (nSPS) is 12.8. The van der Waals surface area contributed by atoms with E-state index in [1.807, 2.05) is 13.1 Å². The highest BCUT2D eigenvalue weighted by Crippen LogP contribution is 2.26. The van der Waals surface area contributed by atoms with Crippen LogP contribution in [0.25, 0.3) is 0 Å². The molecule has 6 heteroatoms. The standard InChI is InChI=1S/C15H19N3O2.ClH/c1-16-8-7-14-17-15(20-18-14)10-19-13-6-5-11-3-2-4-12(11)9-13;/h5-6,9,16H,2-4,7-8,10H2,1H3;1H. The Kier molecular flexibility index (Phi) is 5.59. The number of ether oxygens (including phenoxy) is 1. The second kappa shape index (κ2) is 7.43. The molecule has 0 bridgehead atoms. The Hall–Kier alpha value is -1.59. The molecule has 0 saturated carbocycles. The van der Waals surface area contributed by atoms with Gasteiger partial charge in [0.25, 0.3) is 5.89 Å². The molecule has 1 heterocycles. The van der Waals surface area contributed by atoms with Crippen molar-refractivity contribution < 1.29 is 9.26 Å². The number of aryl methyl sites for hydroxylation is 2. The summed E-state index contributed by atoms with van der Waals surface area (Å²) in [5.74, 6) is 2.11. The summed E-state index contributed by atoms with van der Waals surface area (Å²) in [6.45, 7) is 1.16. The summed E-state index contributed by atoms with van der Waals surface area (Å²) in [6.07, 6.45) is 4.35. The van der Waals surface area contributed by atoms with Crippen LogP contribution in [0, 0.1) is 0 Å². The van der Waals surface area contributed by atoms with E-state index in [2.05, 4.69) is 27.6 Å². The summed E-state index contributed by atoms with van der Waals surface area (Å²) in [4.78, 5) is 4.29. The van der Waals surface area contributed by atoms with Crippen LogP contribution in [-0.2, 0) is 25.9 Å². The molecule has 0 radical (unpaired) electrons. The first-order chi connectivity index (χ1) is 9.85. The molecule has 1 aromatic heterocycles. The van der Waals surface area contributed by atoms with E-state index in [-0.39, 0.29) is 12.4 Å². The number of fused-ring (bicyclic) bond motifs is 1. The van der Waals surface area contributed by atoms with Crippen LogP contribution in [0.15, 0.2) is 22.7 Å². The maximum atomic E-state index is 5.72. The molecule has 0 atom stereocenters. The largest absolute Gasteiger partial charge is 0.484 e. The number of nitrogens with one attached hydrogen (secondary N) is 1. The van der Waals surface area contributed by atoms with Gasteiger partial charge in [-0.3, -0.25) is 0 Å². The monoisotopic (exact) mass is 309 g/mol. The van der Waals surface area contributed by atoms with E-state index in [1.54, 1.807) is 0 Å². The van der Waals surface area contributed by atoms with Gasteiger partial charge in [0.15, 0.2) is 12.4 Å². The van der Waals surface area contributed by atoms with E-state index in [9.17, 15) is 0 Å². The fourth-order valence-electron chi connectivity index (χ4n) is 2.47. The van der Waals surface area contributed by atoms with Crippen LogP contribution in [0.4, 0.5) is 0 Å². The van der Waals surface area contributed by atoms with Gasteiger partial charge in [-0.1, -0.05) is 11.2 Å². The SMILES string of the molecule is CNCCc1noc(COc2ccc3c(c2)CCC3)n1.Cl. The molecule has 0 aliphatic heterocycles. The minimum Gasteiger partial charge on any atom is -0.484 e. The highest BCUT2D eigenvalue weighted by molar-refractivity contribution is 5.85. The van der Waals surface area contributed by atoms with Crippen molar-refractivity contribution in [1.29, 1.82) is 0 Å². The Morgan fingerprint density at radius 3 is 3.00 bits per heavy atom. The van der Waals surface area contributed by atoms with Crippen molar-refractivity contribution in [2.75, 3.05) is 13.6 Å². The summed E-state index contributed by atoms with van der Waals surface area (Å²) in [5.41, 5.74) is 2.85. The molecule has 1 aliphatic carbocycles. The van der Waals surface area contributed by atoms with Crippen LogP contribution in [0.2, 0.25) is 0 Å². The average Bonchev–Trinajstić information content (AvgIpc) is 3.11. The number of halogens is 1. The fraction of sp³-hybridized carbons (Fsp3) is 0.467. The topological polar surface area (TPSA) is 60.2 Å². The minimum absolute atomic E-state index is 0. The number of nitrogens with zero attached hydrogens (tertiary/aromatic N) is 2. The lowest BCUT2D eigenvalue weighted by Gasteiger charge is -2.05. The second-order valence-electron chi connectivity index (χ2n) is 5.03. The van der Waals surface area contributed by atoms with Gasteiger partial charge in [-0.15, -0.1) is 12.4 Å². The molecule has 3 rings (SSSR count). The Bertz CT molecular complexity index is 586. The van der Waals surface area contributed by atoms with Gasteiger partial charge < -0.3 is 14.6 Å². The summed E-state index contributed by atoms with van der Waals surface area (Å²) in [5, 5.41) is 6.97. The second-order valence-corrected chi connectivity index (χ2v) is 5.03. The van der Waals surface area contributed by atoms with Crippen molar-refractivity contribution in [1.82, 2.24) is 15.5 Å². The van der Waals surface area contributed by atoms with Crippen molar-refractivity contribution >= 4 is 12.4 Å². The summed E-state index contributed by atoms with van der Waals surface area (Å²) >= 11 is 0. The molecule has 0 amide bonds. The first kappa shape index (κ1) is 15.8. The molecule has 5 nitrogen and oxygen atoms in total. The van der Waals surface area contributed by atoms with Gasteiger partial charge in [0, 0.05) is 13.0 Å². The van der Waals surface area contributed by atoms with Crippen LogP contribution < -0.4 is 10.1 Å². The maximum Gasteiger partial charge on any atom is 0.264 e. The summed E-state index contributed by atoms with van der Waals surface area (Å²) in [6, 6.07) is 6.30. The highest BCUT2D eigenvalue weighted by atomic mass is 35.5. The van der Waals surface area contributed by atoms with E-state index in [0.29, 0.717) is 18.3 Å². The third kappa shape index (κ3) is 3.95. The minimum atomic E-state index is 0. The molecular formula is C15H20ClN3O2. The zero-order valence-electron chi connectivity index (χ0n) is 12.1. The smallest absolute Gasteiger partial charge is 0.264 e. The third-order valence-corrected chi connectivity index (χ3v) is 3.54. The van der Waals surface area contributed by atoms with Crippen molar-refractivity contribution in [2.24, 2.45) is 0 Å². The lowest BCUT2D eigenvalue weighted by molar-refractivity contribution is 0.242. The molecule has 21 heavy (non-hydrogen) atoms. The maximum absolute atomic E-state index is 5.72. The molecule has 1 aromatic carbocycles. The van der Waals surface area contributed by atoms with Crippen molar-refractivity contribution in [2.45, 2.75) is 32.3 Å². The third-order valence-electron chi connectivity index (χ3n) is 3.54. The van der Waals surface area contributed by atoms with Gasteiger partial charge in [0.2, 0.25) is 0 Å². The van der Waals surface area contributed by atoms with Crippen LogP contribution >= 0.6 is 12.4 Å². The molecule has 0 saturated heterocycles. The van der Waals surface area contributed by atoms with Gasteiger partial charge in [-0.05, 0) is 49.6 Å². The van der Waals surface area contributed by atoms with E-state index >= 15 is 0 Å². The van der Waals surface area contributed by atoms with Crippen LogP contribution in [0.1, 0.15) is 29.3 Å². The van der Waals surface area contributed by atoms with Gasteiger partial charge in [-0.25, -0.2) is 0 Å². The Morgan fingerprint density at radius 2 is 2.14 bits per heavy atom. The number of rotatable bonds is 6. The number of likely N-dealkylation sites (N-methyl/N-ethyl adjacent to an activating group) is 1. The molecule has 2 aromatic rings. The number of benzene rings is 1. The quantitative estimate of drug-likeness (QED) is 0.887. The average molecular weight is 310 g/mol. The van der Waals surface area contributed by atoms with E-state index < -0.39 is 0 Å². The molecule has 1 aliphatic rings. The van der Waals surface area contributed by atoms with Gasteiger partial charge >= 0.3 is 0 Å². The predicted molar refractivity (Wildman–Crippen MR) is 82.0 cm³/mol. The van der Waals surface area contributed by atoms with Crippen molar-refractivity contribution in [3.63, 3.8) is 0 Å². The van der Waals surface area contributed by atoms with Crippen LogP contribution in [-0.4, -0.2) is 23.7 Å². The van der Waals surface area contributed by atoms with Gasteiger partial charge in [-0.2, -0.15) is 4.98 Å². The zero-order chi connectivity index (χ0) is 13.8.